The summed E-state index contributed by atoms with van der Waals surface area (Å²) in [7, 11) is 0. The maximum atomic E-state index is 12.2. The molecule has 0 heterocycles. The highest BCUT2D eigenvalue weighted by molar-refractivity contribution is 5.95. The molecule has 0 radical (unpaired) electrons. The molecule has 1 aromatic rings. The van der Waals surface area contributed by atoms with E-state index in [0.29, 0.717) is 11.3 Å². The number of carbonyl (C=O) groups excluding carboxylic acids is 1. The Bertz CT molecular complexity index is 476. The second-order valence-electron chi connectivity index (χ2n) is 5.13. The summed E-state index contributed by atoms with van der Waals surface area (Å²) in [5.74, 6) is -1.11. The van der Waals surface area contributed by atoms with E-state index in [4.69, 9.17) is 10.8 Å². The van der Waals surface area contributed by atoms with Crippen molar-refractivity contribution in [3.05, 3.63) is 29.8 Å². The number of hydrogen-bond acceptors (Lipinski definition) is 3. The minimum absolute atomic E-state index is 0.0201. The molecule has 0 saturated heterocycles. The Morgan fingerprint density at radius 2 is 1.79 bits per heavy atom. The Balaban J connectivity index is 2.11. The smallest absolute Gasteiger partial charge is 0.305 e. The molecule has 2 rings (SSSR count). The fourth-order valence-electron chi connectivity index (χ4n) is 2.63. The van der Waals surface area contributed by atoms with Crippen LogP contribution in [0.1, 0.15) is 42.5 Å². The zero-order valence-electron chi connectivity index (χ0n) is 10.7. The molecule has 19 heavy (non-hydrogen) atoms. The highest BCUT2D eigenvalue weighted by Crippen LogP contribution is 2.33. The first-order valence-corrected chi connectivity index (χ1v) is 6.41. The lowest BCUT2D eigenvalue weighted by molar-refractivity contribution is -0.138. The lowest BCUT2D eigenvalue weighted by Crippen LogP contribution is -2.47. The summed E-state index contributed by atoms with van der Waals surface area (Å²) < 4.78 is 0. The zero-order chi connectivity index (χ0) is 13.9. The van der Waals surface area contributed by atoms with Gasteiger partial charge in [0.1, 0.15) is 0 Å². The van der Waals surface area contributed by atoms with E-state index in [9.17, 15) is 9.59 Å². The molecule has 0 bridgehead atoms. The second-order valence-corrected chi connectivity index (χ2v) is 5.13. The van der Waals surface area contributed by atoms with E-state index in [1.165, 1.54) is 0 Å². The van der Waals surface area contributed by atoms with Crippen molar-refractivity contribution < 1.29 is 14.7 Å². The largest absolute Gasteiger partial charge is 0.481 e. The molecule has 1 aliphatic carbocycles. The van der Waals surface area contributed by atoms with Gasteiger partial charge in [-0.25, -0.2) is 0 Å². The number of benzene rings is 1. The van der Waals surface area contributed by atoms with Gasteiger partial charge in [-0.15, -0.1) is 0 Å². The van der Waals surface area contributed by atoms with Gasteiger partial charge in [0.25, 0.3) is 5.91 Å². The summed E-state index contributed by atoms with van der Waals surface area (Å²) >= 11 is 0. The Morgan fingerprint density at radius 3 is 2.32 bits per heavy atom. The topological polar surface area (TPSA) is 92.4 Å². The van der Waals surface area contributed by atoms with E-state index in [1.54, 1.807) is 24.3 Å². The van der Waals surface area contributed by atoms with Crippen molar-refractivity contribution in [3.8, 4) is 0 Å². The molecule has 4 N–H and O–H groups in total. The van der Waals surface area contributed by atoms with Crippen molar-refractivity contribution in [1.82, 2.24) is 5.32 Å². The number of amides is 1. The number of hydrogen-bond donors (Lipinski definition) is 3. The van der Waals surface area contributed by atoms with Crippen LogP contribution in [0.15, 0.2) is 24.3 Å². The van der Waals surface area contributed by atoms with Gasteiger partial charge in [-0.3, -0.25) is 9.59 Å². The Labute approximate surface area is 111 Å². The number of nitrogen functional groups attached to an aromatic ring is 1. The molecule has 1 fully saturated rings. The molecule has 0 unspecified atom stereocenters. The molecule has 1 saturated carbocycles. The van der Waals surface area contributed by atoms with E-state index >= 15 is 0 Å². The van der Waals surface area contributed by atoms with Crippen LogP contribution in [-0.4, -0.2) is 22.5 Å². The maximum absolute atomic E-state index is 12.2. The van der Waals surface area contributed by atoms with Crippen LogP contribution in [0.25, 0.3) is 0 Å². The van der Waals surface area contributed by atoms with Crippen molar-refractivity contribution in [2.24, 2.45) is 0 Å². The van der Waals surface area contributed by atoms with Crippen LogP contribution in [0.5, 0.6) is 0 Å². The second kappa shape index (κ2) is 5.30. The average molecular weight is 262 g/mol. The van der Waals surface area contributed by atoms with Gasteiger partial charge < -0.3 is 16.2 Å². The predicted octanol–water partition coefficient (Wildman–Crippen LogP) is 1.79. The maximum Gasteiger partial charge on any atom is 0.305 e. The van der Waals surface area contributed by atoms with Gasteiger partial charge in [-0.05, 0) is 37.1 Å². The van der Waals surface area contributed by atoms with Crippen LogP contribution in [0.2, 0.25) is 0 Å². The molecule has 1 aliphatic rings. The first kappa shape index (κ1) is 13.4. The highest BCUT2D eigenvalue weighted by atomic mass is 16.4. The van der Waals surface area contributed by atoms with Crippen LogP contribution in [0.4, 0.5) is 5.69 Å². The van der Waals surface area contributed by atoms with Crippen LogP contribution in [0.3, 0.4) is 0 Å². The average Bonchev–Trinajstić information content (AvgIpc) is 2.77. The molecule has 0 aliphatic heterocycles. The number of rotatable bonds is 4. The molecular formula is C14H18N2O3. The molecular weight excluding hydrogens is 244 g/mol. The van der Waals surface area contributed by atoms with E-state index in [-0.39, 0.29) is 12.3 Å². The third kappa shape index (κ3) is 3.24. The highest BCUT2D eigenvalue weighted by Gasteiger charge is 2.37. The SMILES string of the molecule is Nc1ccc(C(=O)NC2(CC(=O)O)CCCC2)cc1. The van der Waals surface area contributed by atoms with Crippen molar-refractivity contribution in [2.75, 3.05) is 5.73 Å². The number of anilines is 1. The number of carboxylic acid groups (broad SMARTS) is 1. The Morgan fingerprint density at radius 1 is 1.21 bits per heavy atom. The van der Waals surface area contributed by atoms with Crippen LogP contribution < -0.4 is 11.1 Å². The summed E-state index contributed by atoms with van der Waals surface area (Å²) in [6, 6.07) is 6.61. The van der Waals surface area contributed by atoms with Gasteiger partial charge in [0.05, 0.1) is 12.0 Å². The van der Waals surface area contributed by atoms with E-state index < -0.39 is 11.5 Å². The Hall–Kier alpha value is -2.04. The quantitative estimate of drug-likeness (QED) is 0.721. The summed E-state index contributed by atoms with van der Waals surface area (Å²) in [5, 5.41) is 11.9. The minimum Gasteiger partial charge on any atom is -0.481 e. The standard InChI is InChI=1S/C14H18N2O3/c15-11-5-3-10(4-6-11)13(19)16-14(9-12(17)18)7-1-2-8-14/h3-6H,1-2,7-9,15H2,(H,16,19)(H,17,18). The molecule has 0 atom stereocenters. The van der Waals surface area contributed by atoms with Gasteiger partial charge in [0, 0.05) is 11.3 Å². The van der Waals surface area contributed by atoms with Gasteiger partial charge in [0.2, 0.25) is 0 Å². The third-order valence-electron chi connectivity index (χ3n) is 3.60. The lowest BCUT2D eigenvalue weighted by atomic mass is 9.92. The van der Waals surface area contributed by atoms with Gasteiger partial charge >= 0.3 is 5.97 Å². The molecule has 1 aromatic carbocycles. The van der Waals surface area contributed by atoms with E-state index in [1.807, 2.05) is 0 Å². The predicted molar refractivity (Wildman–Crippen MR) is 71.8 cm³/mol. The van der Waals surface area contributed by atoms with Crippen molar-refractivity contribution in [3.63, 3.8) is 0 Å². The van der Waals surface area contributed by atoms with Crippen LogP contribution >= 0.6 is 0 Å². The first-order chi connectivity index (χ1) is 9.01. The fraction of sp³-hybridized carbons (Fsp3) is 0.429. The molecule has 0 aromatic heterocycles. The van der Waals surface area contributed by atoms with Gasteiger partial charge in [-0.1, -0.05) is 12.8 Å². The number of nitrogens with two attached hydrogens (primary N) is 1. The van der Waals surface area contributed by atoms with Crippen LogP contribution in [-0.2, 0) is 4.79 Å². The van der Waals surface area contributed by atoms with Gasteiger partial charge in [0.15, 0.2) is 0 Å². The summed E-state index contributed by atoms with van der Waals surface area (Å²) in [6.07, 6.45) is 3.33. The van der Waals surface area contributed by atoms with Crippen molar-refractivity contribution in [1.29, 1.82) is 0 Å². The van der Waals surface area contributed by atoms with E-state index in [2.05, 4.69) is 5.32 Å². The van der Waals surface area contributed by atoms with Crippen molar-refractivity contribution >= 4 is 17.6 Å². The lowest BCUT2D eigenvalue weighted by Gasteiger charge is -2.28. The van der Waals surface area contributed by atoms with E-state index in [0.717, 1.165) is 25.7 Å². The molecule has 5 heteroatoms. The normalized spacial score (nSPS) is 17.1. The molecule has 0 spiro atoms. The third-order valence-corrected chi connectivity index (χ3v) is 3.60. The monoisotopic (exact) mass is 262 g/mol. The number of nitrogens with one attached hydrogen (secondary N) is 1. The molecule has 5 nitrogen and oxygen atoms in total. The Kier molecular flexibility index (Phi) is 3.74. The summed E-state index contributed by atoms with van der Waals surface area (Å²) in [5.41, 5.74) is 6.08. The van der Waals surface area contributed by atoms with Crippen LogP contribution in [0, 0.1) is 0 Å². The fourth-order valence-corrected chi connectivity index (χ4v) is 2.63. The first-order valence-electron chi connectivity index (χ1n) is 6.41. The zero-order valence-corrected chi connectivity index (χ0v) is 10.7. The number of carbonyl (C=O) groups is 2. The number of aliphatic carboxylic acids is 1. The summed E-state index contributed by atoms with van der Waals surface area (Å²) in [4.78, 5) is 23.1. The minimum atomic E-state index is -0.875. The molecule has 1 amide bonds. The summed E-state index contributed by atoms with van der Waals surface area (Å²) in [6.45, 7) is 0. The van der Waals surface area contributed by atoms with Crippen molar-refractivity contribution in [2.45, 2.75) is 37.6 Å². The van der Waals surface area contributed by atoms with Gasteiger partial charge in [-0.2, -0.15) is 0 Å². The molecule has 102 valence electrons. The number of carboxylic acids is 1.